The lowest BCUT2D eigenvalue weighted by atomic mass is 10.1. The quantitative estimate of drug-likeness (QED) is 0.565. The molecule has 3 nitrogen and oxygen atoms in total. The minimum atomic E-state index is -0.185. The summed E-state index contributed by atoms with van der Waals surface area (Å²) >= 11 is 0. The van der Waals surface area contributed by atoms with E-state index in [1.807, 2.05) is 0 Å². The van der Waals surface area contributed by atoms with E-state index in [4.69, 9.17) is 9.47 Å². The molecule has 0 amide bonds. The minimum Gasteiger partial charge on any atom is -0.393 e. The van der Waals surface area contributed by atoms with Gasteiger partial charge in [-0.25, -0.2) is 0 Å². The number of aliphatic hydroxyl groups is 1. The van der Waals surface area contributed by atoms with Gasteiger partial charge in [-0.2, -0.15) is 0 Å². The van der Waals surface area contributed by atoms with Gasteiger partial charge < -0.3 is 14.6 Å². The molecule has 0 aromatic carbocycles. The Hall–Kier alpha value is -0.120. The summed E-state index contributed by atoms with van der Waals surface area (Å²) in [7, 11) is 3.36. The number of hydrogen-bond donors (Lipinski definition) is 1. The van der Waals surface area contributed by atoms with Crippen molar-refractivity contribution in [3.05, 3.63) is 0 Å². The third kappa shape index (κ3) is 7.98. The van der Waals surface area contributed by atoms with Crippen molar-refractivity contribution in [2.75, 3.05) is 27.4 Å². The van der Waals surface area contributed by atoms with Crippen molar-refractivity contribution in [1.82, 2.24) is 0 Å². The molecule has 0 fully saturated rings. The van der Waals surface area contributed by atoms with Crippen molar-refractivity contribution in [3.8, 4) is 0 Å². The predicted molar refractivity (Wildman–Crippen MR) is 48.2 cm³/mol. The topological polar surface area (TPSA) is 38.7 Å². The molecule has 0 aromatic rings. The molecule has 0 aliphatic carbocycles. The Morgan fingerprint density at radius 2 is 1.42 bits per heavy atom. The second-order valence-electron chi connectivity index (χ2n) is 2.92. The molecule has 0 atom stereocenters. The van der Waals surface area contributed by atoms with Gasteiger partial charge in [0, 0.05) is 27.4 Å². The van der Waals surface area contributed by atoms with Crippen LogP contribution >= 0.6 is 0 Å². The fourth-order valence-corrected chi connectivity index (χ4v) is 1.07. The molecular formula is C9H20O3. The maximum atomic E-state index is 9.39. The summed E-state index contributed by atoms with van der Waals surface area (Å²) in [6.45, 7) is 1.47. The van der Waals surface area contributed by atoms with Crippen LogP contribution in [-0.4, -0.2) is 38.6 Å². The lowest BCUT2D eigenvalue weighted by molar-refractivity contribution is 0.113. The zero-order chi connectivity index (χ0) is 9.23. The smallest absolute Gasteiger partial charge is 0.0542 e. The van der Waals surface area contributed by atoms with E-state index in [2.05, 4.69) is 0 Å². The molecule has 0 aliphatic heterocycles. The van der Waals surface area contributed by atoms with E-state index in [1.54, 1.807) is 14.2 Å². The van der Waals surface area contributed by atoms with Gasteiger partial charge in [0.1, 0.15) is 0 Å². The van der Waals surface area contributed by atoms with Gasteiger partial charge in [-0.05, 0) is 25.7 Å². The first-order chi connectivity index (χ1) is 5.81. The van der Waals surface area contributed by atoms with Gasteiger partial charge in [-0.3, -0.25) is 0 Å². The van der Waals surface area contributed by atoms with E-state index in [0.29, 0.717) is 0 Å². The Kier molecular flexibility index (Phi) is 8.88. The zero-order valence-electron chi connectivity index (χ0n) is 8.08. The van der Waals surface area contributed by atoms with Crippen LogP contribution in [0.1, 0.15) is 25.7 Å². The number of rotatable bonds is 8. The van der Waals surface area contributed by atoms with Crippen molar-refractivity contribution in [3.63, 3.8) is 0 Å². The largest absolute Gasteiger partial charge is 0.393 e. The van der Waals surface area contributed by atoms with E-state index in [0.717, 1.165) is 38.9 Å². The van der Waals surface area contributed by atoms with Crippen LogP contribution in [0.5, 0.6) is 0 Å². The molecule has 1 N–H and O–H groups in total. The van der Waals surface area contributed by atoms with E-state index in [-0.39, 0.29) is 6.10 Å². The summed E-state index contributed by atoms with van der Waals surface area (Å²) in [4.78, 5) is 0. The molecule has 0 aliphatic rings. The average Bonchev–Trinajstić information content (AvgIpc) is 2.06. The summed E-state index contributed by atoms with van der Waals surface area (Å²) in [5.74, 6) is 0. The third-order valence-corrected chi connectivity index (χ3v) is 1.77. The zero-order valence-corrected chi connectivity index (χ0v) is 8.08. The van der Waals surface area contributed by atoms with Crippen LogP contribution in [0.4, 0.5) is 0 Å². The van der Waals surface area contributed by atoms with Crippen molar-refractivity contribution >= 4 is 0 Å². The fourth-order valence-electron chi connectivity index (χ4n) is 1.07. The highest BCUT2D eigenvalue weighted by Crippen LogP contribution is 2.04. The highest BCUT2D eigenvalue weighted by atomic mass is 16.5. The minimum absolute atomic E-state index is 0.185. The highest BCUT2D eigenvalue weighted by molar-refractivity contribution is 4.55. The van der Waals surface area contributed by atoms with Crippen molar-refractivity contribution in [2.24, 2.45) is 0 Å². The molecule has 0 spiro atoms. The molecule has 12 heavy (non-hydrogen) atoms. The summed E-state index contributed by atoms with van der Waals surface area (Å²) < 4.78 is 9.76. The van der Waals surface area contributed by atoms with Crippen LogP contribution in [0.2, 0.25) is 0 Å². The van der Waals surface area contributed by atoms with E-state index < -0.39 is 0 Å². The molecule has 0 saturated heterocycles. The number of methoxy groups -OCH3 is 2. The molecule has 0 bridgehead atoms. The third-order valence-electron chi connectivity index (χ3n) is 1.77. The van der Waals surface area contributed by atoms with Crippen LogP contribution in [-0.2, 0) is 9.47 Å². The summed E-state index contributed by atoms with van der Waals surface area (Å²) in [6, 6.07) is 0. The van der Waals surface area contributed by atoms with Crippen LogP contribution in [0.3, 0.4) is 0 Å². The average molecular weight is 176 g/mol. The first kappa shape index (κ1) is 11.9. The second-order valence-corrected chi connectivity index (χ2v) is 2.92. The second kappa shape index (κ2) is 8.97. The Bertz CT molecular complexity index is 75.8. The molecule has 0 radical (unpaired) electrons. The van der Waals surface area contributed by atoms with Crippen molar-refractivity contribution < 1.29 is 14.6 Å². The van der Waals surface area contributed by atoms with Gasteiger partial charge in [-0.1, -0.05) is 0 Å². The monoisotopic (exact) mass is 176 g/mol. The number of ether oxygens (including phenoxy) is 2. The maximum Gasteiger partial charge on any atom is 0.0542 e. The Morgan fingerprint density at radius 1 is 1.00 bits per heavy atom. The van der Waals surface area contributed by atoms with Crippen LogP contribution < -0.4 is 0 Å². The SMILES string of the molecule is COCCCC(O)CCCOC. The molecule has 0 unspecified atom stereocenters. The van der Waals surface area contributed by atoms with E-state index in [1.165, 1.54) is 0 Å². The van der Waals surface area contributed by atoms with Crippen LogP contribution in [0, 0.1) is 0 Å². The standard InChI is InChI=1S/C9H20O3/c1-11-7-3-5-9(10)6-4-8-12-2/h9-10H,3-8H2,1-2H3. The van der Waals surface area contributed by atoms with Gasteiger partial charge in [0.05, 0.1) is 6.10 Å². The molecule has 0 heterocycles. The van der Waals surface area contributed by atoms with Gasteiger partial charge in [0.25, 0.3) is 0 Å². The summed E-state index contributed by atoms with van der Waals surface area (Å²) in [6.07, 6.45) is 3.35. The number of hydrogen-bond acceptors (Lipinski definition) is 3. The van der Waals surface area contributed by atoms with Gasteiger partial charge >= 0.3 is 0 Å². The van der Waals surface area contributed by atoms with Crippen molar-refractivity contribution in [1.29, 1.82) is 0 Å². The molecular weight excluding hydrogens is 156 g/mol. The van der Waals surface area contributed by atoms with Gasteiger partial charge in [0.15, 0.2) is 0 Å². The summed E-state index contributed by atoms with van der Waals surface area (Å²) in [5.41, 5.74) is 0. The van der Waals surface area contributed by atoms with Gasteiger partial charge in [0.2, 0.25) is 0 Å². The molecule has 74 valence electrons. The summed E-state index contributed by atoms with van der Waals surface area (Å²) in [5, 5.41) is 9.39. The van der Waals surface area contributed by atoms with E-state index >= 15 is 0 Å². The Morgan fingerprint density at radius 3 is 1.75 bits per heavy atom. The van der Waals surface area contributed by atoms with Crippen LogP contribution in [0.25, 0.3) is 0 Å². The highest BCUT2D eigenvalue weighted by Gasteiger charge is 2.02. The van der Waals surface area contributed by atoms with E-state index in [9.17, 15) is 5.11 Å². The Balaban J connectivity index is 3.04. The molecule has 0 saturated carbocycles. The number of aliphatic hydroxyl groups excluding tert-OH is 1. The molecule has 0 aromatic heterocycles. The Labute approximate surface area is 74.7 Å². The maximum absolute atomic E-state index is 9.39. The molecule has 0 rings (SSSR count). The normalized spacial score (nSPS) is 11.0. The first-order valence-electron chi connectivity index (χ1n) is 4.47. The fraction of sp³-hybridized carbons (Fsp3) is 1.00. The lowest BCUT2D eigenvalue weighted by Gasteiger charge is -2.08. The first-order valence-corrected chi connectivity index (χ1v) is 4.47. The van der Waals surface area contributed by atoms with Crippen molar-refractivity contribution in [2.45, 2.75) is 31.8 Å². The molecule has 3 heteroatoms. The van der Waals surface area contributed by atoms with Crippen LogP contribution in [0.15, 0.2) is 0 Å². The predicted octanol–water partition coefficient (Wildman–Crippen LogP) is 1.20. The van der Waals surface area contributed by atoms with Gasteiger partial charge in [-0.15, -0.1) is 0 Å². The lowest BCUT2D eigenvalue weighted by Crippen LogP contribution is -2.08.